The normalized spacial score (nSPS) is 11.6. The number of benzene rings is 2. The average molecular weight is 327 g/mol. The predicted molar refractivity (Wildman–Crippen MR) is 91.5 cm³/mol. The van der Waals surface area contributed by atoms with E-state index in [0.717, 1.165) is 11.1 Å². The molecule has 0 fully saturated rings. The van der Waals surface area contributed by atoms with Crippen LogP contribution in [0.3, 0.4) is 0 Å². The highest BCUT2D eigenvalue weighted by Gasteiger charge is 2.21. The number of ether oxygens (including phenoxy) is 1. The Morgan fingerprint density at radius 1 is 1.17 bits per heavy atom. The fourth-order valence-corrected chi connectivity index (χ4v) is 2.43. The number of aromatic hydroxyl groups is 1. The van der Waals surface area contributed by atoms with E-state index in [1.165, 1.54) is 7.11 Å². The average Bonchev–Trinajstić information content (AvgIpc) is 2.62. The van der Waals surface area contributed by atoms with E-state index in [2.05, 4.69) is 5.32 Å². The summed E-state index contributed by atoms with van der Waals surface area (Å²) in [6.07, 6.45) is 0.580. The maximum atomic E-state index is 11.9. The number of carbonyl (C=O) groups is 2. The van der Waals surface area contributed by atoms with Crippen molar-refractivity contribution in [2.24, 2.45) is 0 Å². The summed E-state index contributed by atoms with van der Waals surface area (Å²) in [5, 5.41) is 12.8. The standard InChI is InChI=1S/C19H21NO4/c1-3-18(22)20-16(19(23)24-2)12-13-9-10-17(21)15(11-13)14-7-5-4-6-8-14/h4-11,16,21H,3,12H2,1-2H3,(H,20,22)/t16-/m0/s1. The van der Waals surface area contributed by atoms with Crippen molar-refractivity contribution in [3.63, 3.8) is 0 Å². The molecule has 2 rings (SSSR count). The van der Waals surface area contributed by atoms with E-state index in [0.29, 0.717) is 18.4 Å². The van der Waals surface area contributed by atoms with E-state index < -0.39 is 12.0 Å². The van der Waals surface area contributed by atoms with Crippen molar-refractivity contribution >= 4 is 11.9 Å². The molecule has 5 nitrogen and oxygen atoms in total. The lowest BCUT2D eigenvalue weighted by Gasteiger charge is -2.17. The SMILES string of the molecule is CCC(=O)N[C@@H](Cc1ccc(O)c(-c2ccccc2)c1)C(=O)OC. The molecule has 0 aromatic heterocycles. The number of nitrogens with one attached hydrogen (secondary N) is 1. The first-order valence-corrected chi connectivity index (χ1v) is 7.79. The number of hydrogen-bond donors (Lipinski definition) is 2. The highest BCUT2D eigenvalue weighted by Crippen LogP contribution is 2.30. The lowest BCUT2D eigenvalue weighted by Crippen LogP contribution is -2.42. The van der Waals surface area contributed by atoms with Crippen molar-refractivity contribution in [3.8, 4) is 16.9 Å². The Kier molecular flexibility index (Phi) is 5.95. The van der Waals surface area contributed by atoms with Gasteiger partial charge in [0.1, 0.15) is 11.8 Å². The van der Waals surface area contributed by atoms with Crippen LogP contribution in [0.2, 0.25) is 0 Å². The van der Waals surface area contributed by atoms with Crippen LogP contribution in [0.15, 0.2) is 48.5 Å². The Hall–Kier alpha value is -2.82. The van der Waals surface area contributed by atoms with Gasteiger partial charge in [0, 0.05) is 18.4 Å². The fraction of sp³-hybridized carbons (Fsp3) is 0.263. The zero-order chi connectivity index (χ0) is 17.5. The number of carbonyl (C=O) groups excluding carboxylic acids is 2. The molecule has 1 atom stereocenters. The molecule has 5 heteroatoms. The van der Waals surface area contributed by atoms with Gasteiger partial charge in [0.2, 0.25) is 5.91 Å². The molecule has 1 amide bonds. The van der Waals surface area contributed by atoms with Crippen LogP contribution in [0.4, 0.5) is 0 Å². The number of amides is 1. The summed E-state index contributed by atoms with van der Waals surface area (Å²) >= 11 is 0. The second-order valence-corrected chi connectivity index (χ2v) is 5.42. The van der Waals surface area contributed by atoms with Crippen molar-refractivity contribution in [1.82, 2.24) is 5.32 Å². The van der Waals surface area contributed by atoms with E-state index >= 15 is 0 Å². The molecule has 2 N–H and O–H groups in total. The molecule has 0 heterocycles. The summed E-state index contributed by atoms with van der Waals surface area (Å²) in [6.45, 7) is 1.72. The van der Waals surface area contributed by atoms with Crippen molar-refractivity contribution in [3.05, 3.63) is 54.1 Å². The first-order valence-electron chi connectivity index (χ1n) is 7.79. The second-order valence-electron chi connectivity index (χ2n) is 5.42. The third-order valence-corrected chi connectivity index (χ3v) is 3.73. The zero-order valence-electron chi connectivity index (χ0n) is 13.8. The van der Waals surface area contributed by atoms with Crippen molar-refractivity contribution in [1.29, 1.82) is 0 Å². The maximum absolute atomic E-state index is 11.9. The van der Waals surface area contributed by atoms with Crippen LogP contribution < -0.4 is 5.32 Å². The number of hydrogen-bond acceptors (Lipinski definition) is 4. The molecule has 0 saturated heterocycles. The second kappa shape index (κ2) is 8.15. The van der Waals surface area contributed by atoms with Gasteiger partial charge in [-0.15, -0.1) is 0 Å². The Morgan fingerprint density at radius 3 is 2.50 bits per heavy atom. The van der Waals surface area contributed by atoms with Crippen molar-refractivity contribution in [2.45, 2.75) is 25.8 Å². The van der Waals surface area contributed by atoms with Gasteiger partial charge in [0.15, 0.2) is 0 Å². The van der Waals surface area contributed by atoms with E-state index in [1.807, 2.05) is 36.4 Å². The first kappa shape index (κ1) is 17.5. The molecule has 0 aliphatic carbocycles. The summed E-state index contributed by atoms with van der Waals surface area (Å²) < 4.78 is 4.77. The minimum absolute atomic E-state index is 0.164. The van der Waals surface area contributed by atoms with Gasteiger partial charge in [-0.05, 0) is 23.3 Å². The Labute approximate surface area is 141 Å². The van der Waals surface area contributed by atoms with E-state index in [1.54, 1.807) is 19.1 Å². The molecule has 2 aromatic carbocycles. The van der Waals surface area contributed by atoms with Crippen LogP contribution in [-0.4, -0.2) is 30.1 Å². The molecule has 24 heavy (non-hydrogen) atoms. The Morgan fingerprint density at radius 2 is 1.88 bits per heavy atom. The molecular weight excluding hydrogens is 306 g/mol. The topological polar surface area (TPSA) is 75.6 Å². The fourth-order valence-electron chi connectivity index (χ4n) is 2.43. The summed E-state index contributed by atoms with van der Waals surface area (Å²) in [6, 6.07) is 13.9. The molecule has 0 aliphatic rings. The lowest BCUT2D eigenvalue weighted by molar-refractivity contribution is -0.145. The van der Waals surface area contributed by atoms with Gasteiger partial charge >= 0.3 is 5.97 Å². The van der Waals surface area contributed by atoms with Gasteiger partial charge in [0.05, 0.1) is 7.11 Å². The number of rotatable bonds is 6. The smallest absolute Gasteiger partial charge is 0.328 e. The van der Waals surface area contributed by atoms with Crippen LogP contribution in [-0.2, 0) is 20.7 Å². The maximum Gasteiger partial charge on any atom is 0.328 e. The monoisotopic (exact) mass is 327 g/mol. The highest BCUT2D eigenvalue weighted by atomic mass is 16.5. The number of methoxy groups -OCH3 is 1. The van der Waals surface area contributed by atoms with E-state index in [-0.39, 0.29) is 11.7 Å². The molecular formula is C19H21NO4. The minimum Gasteiger partial charge on any atom is -0.507 e. The molecule has 126 valence electrons. The third-order valence-electron chi connectivity index (χ3n) is 3.73. The van der Waals surface area contributed by atoms with Gasteiger partial charge in [0.25, 0.3) is 0 Å². The van der Waals surface area contributed by atoms with Crippen LogP contribution in [0.25, 0.3) is 11.1 Å². The molecule has 2 aromatic rings. The zero-order valence-corrected chi connectivity index (χ0v) is 13.8. The van der Waals surface area contributed by atoms with Crippen LogP contribution in [0.1, 0.15) is 18.9 Å². The highest BCUT2D eigenvalue weighted by molar-refractivity contribution is 5.84. The molecule has 0 radical (unpaired) electrons. The van der Waals surface area contributed by atoms with Crippen LogP contribution in [0, 0.1) is 0 Å². The summed E-state index contributed by atoms with van der Waals surface area (Å²) in [4.78, 5) is 23.5. The molecule has 0 spiro atoms. The molecule has 0 aliphatic heterocycles. The van der Waals surface area contributed by atoms with Gasteiger partial charge in [-0.3, -0.25) is 4.79 Å². The summed E-state index contributed by atoms with van der Waals surface area (Å²) in [5.41, 5.74) is 2.38. The predicted octanol–water partition coefficient (Wildman–Crippen LogP) is 2.67. The lowest BCUT2D eigenvalue weighted by atomic mass is 9.98. The van der Waals surface area contributed by atoms with Gasteiger partial charge in [-0.1, -0.05) is 43.3 Å². The quantitative estimate of drug-likeness (QED) is 0.800. The molecule has 0 saturated carbocycles. The first-order chi connectivity index (χ1) is 11.5. The van der Waals surface area contributed by atoms with Crippen molar-refractivity contribution < 1.29 is 19.4 Å². The molecule has 0 unspecified atom stereocenters. The number of phenols is 1. The number of phenolic OH excluding ortho intramolecular Hbond substituents is 1. The Bertz CT molecular complexity index is 713. The van der Waals surface area contributed by atoms with Crippen LogP contribution >= 0.6 is 0 Å². The molecule has 0 bridgehead atoms. The minimum atomic E-state index is -0.754. The Balaban J connectivity index is 2.27. The largest absolute Gasteiger partial charge is 0.507 e. The summed E-state index contributed by atoms with van der Waals surface area (Å²) in [7, 11) is 1.29. The van der Waals surface area contributed by atoms with Gasteiger partial charge in [-0.25, -0.2) is 4.79 Å². The summed E-state index contributed by atoms with van der Waals surface area (Å²) in [5.74, 6) is -0.546. The van der Waals surface area contributed by atoms with E-state index in [9.17, 15) is 14.7 Å². The van der Waals surface area contributed by atoms with Gasteiger partial charge in [-0.2, -0.15) is 0 Å². The van der Waals surface area contributed by atoms with E-state index in [4.69, 9.17) is 4.74 Å². The van der Waals surface area contributed by atoms with Crippen molar-refractivity contribution in [2.75, 3.05) is 7.11 Å². The van der Waals surface area contributed by atoms with Gasteiger partial charge < -0.3 is 15.2 Å². The third kappa shape index (κ3) is 4.35. The number of esters is 1. The van der Waals surface area contributed by atoms with Crippen LogP contribution in [0.5, 0.6) is 5.75 Å².